The normalized spacial score (nSPS) is 15.9. The number of ether oxygens (including phenoxy) is 1. The highest BCUT2D eigenvalue weighted by molar-refractivity contribution is 7.22. The molecule has 0 aliphatic carbocycles. The van der Waals surface area contributed by atoms with Crippen LogP contribution < -0.4 is 9.64 Å². The predicted molar refractivity (Wildman–Crippen MR) is 139 cm³/mol. The van der Waals surface area contributed by atoms with Crippen molar-refractivity contribution in [3.8, 4) is 5.75 Å². The van der Waals surface area contributed by atoms with Crippen molar-refractivity contribution in [3.63, 3.8) is 0 Å². The zero-order chi connectivity index (χ0) is 25.4. The SMILES string of the molecule is Cc1ccc2nc(N3C(=O)C(O)=C(C(=O)c4ccco4)C3c3cccc(OCCC(C)C)c3)sc2c1. The number of rotatable bonds is 8. The molecule has 0 spiro atoms. The zero-order valence-electron chi connectivity index (χ0n) is 20.2. The number of aromatic nitrogens is 1. The molecule has 0 bridgehead atoms. The van der Waals surface area contributed by atoms with Crippen molar-refractivity contribution >= 4 is 38.4 Å². The van der Waals surface area contributed by atoms with Crippen LogP contribution >= 0.6 is 11.3 Å². The lowest BCUT2D eigenvalue weighted by Crippen LogP contribution is -2.31. The first kappa shape index (κ1) is 23.8. The van der Waals surface area contributed by atoms with Gasteiger partial charge in [-0.2, -0.15) is 0 Å². The molecule has 3 heterocycles. The standard InChI is InChI=1S/C28H26N2O5S/c1-16(2)11-13-34-19-7-4-6-18(15-19)24-23(25(31)21-8-5-12-35-21)26(32)27(33)30(24)28-29-20-10-9-17(3)14-22(20)36-28/h4-10,12,14-16,24,32H,11,13H2,1-3H3. The Labute approximate surface area is 212 Å². The van der Waals surface area contributed by atoms with E-state index in [1.165, 1.54) is 28.6 Å². The topological polar surface area (TPSA) is 92.9 Å². The maximum atomic E-state index is 13.4. The second-order valence-corrected chi connectivity index (χ2v) is 10.2. The van der Waals surface area contributed by atoms with Gasteiger partial charge in [-0.1, -0.05) is 43.4 Å². The summed E-state index contributed by atoms with van der Waals surface area (Å²) in [5.74, 6) is -0.686. The van der Waals surface area contributed by atoms with E-state index in [9.17, 15) is 14.7 Å². The Morgan fingerprint density at radius 3 is 2.78 bits per heavy atom. The Kier molecular flexibility index (Phi) is 6.36. The Hall–Kier alpha value is -3.91. The molecular weight excluding hydrogens is 476 g/mol. The van der Waals surface area contributed by atoms with Crippen LogP contribution in [0.1, 0.15) is 48.0 Å². The number of aliphatic hydroxyl groups is 1. The molecule has 1 N–H and O–H groups in total. The maximum absolute atomic E-state index is 13.4. The molecule has 1 aliphatic rings. The fourth-order valence-corrected chi connectivity index (χ4v) is 5.29. The highest BCUT2D eigenvalue weighted by Crippen LogP contribution is 2.44. The molecule has 1 aliphatic heterocycles. The number of anilines is 1. The first-order valence-corrected chi connectivity index (χ1v) is 12.6. The molecule has 7 nitrogen and oxygen atoms in total. The number of fused-ring (bicyclic) bond motifs is 1. The molecule has 5 rings (SSSR count). The van der Waals surface area contributed by atoms with E-state index in [4.69, 9.17) is 9.15 Å². The summed E-state index contributed by atoms with van der Waals surface area (Å²) in [5, 5.41) is 11.3. The number of carbonyl (C=O) groups excluding carboxylic acids is 2. The minimum atomic E-state index is -0.898. The third kappa shape index (κ3) is 4.40. The highest BCUT2D eigenvalue weighted by atomic mass is 32.1. The van der Waals surface area contributed by atoms with Crippen LogP contribution in [0.15, 0.2) is 76.6 Å². The number of furan rings is 1. The average Bonchev–Trinajstić information content (AvgIpc) is 3.57. The summed E-state index contributed by atoms with van der Waals surface area (Å²) in [7, 11) is 0. The molecule has 1 atom stereocenters. The van der Waals surface area contributed by atoms with Crippen LogP contribution in [0, 0.1) is 12.8 Å². The Bertz CT molecular complexity index is 1470. The van der Waals surface area contributed by atoms with Crippen LogP contribution in [0.4, 0.5) is 5.13 Å². The summed E-state index contributed by atoms with van der Waals surface area (Å²) >= 11 is 1.34. The number of Topliss-reactive ketones (excluding diaryl/α,β-unsaturated/α-hetero) is 1. The van der Waals surface area contributed by atoms with Crippen LogP contribution in [-0.4, -0.2) is 28.4 Å². The minimum absolute atomic E-state index is 0.0421. The summed E-state index contributed by atoms with van der Waals surface area (Å²) in [6.45, 7) is 6.79. The van der Waals surface area contributed by atoms with Gasteiger partial charge in [-0.15, -0.1) is 0 Å². The molecular formula is C28H26N2O5S. The van der Waals surface area contributed by atoms with Crippen LogP contribution in [0.25, 0.3) is 10.2 Å². The molecule has 2 aromatic heterocycles. The van der Waals surface area contributed by atoms with Gasteiger partial charge in [0.2, 0.25) is 5.78 Å². The van der Waals surface area contributed by atoms with E-state index in [2.05, 4.69) is 18.8 Å². The second-order valence-electron chi connectivity index (χ2n) is 9.22. The first-order chi connectivity index (χ1) is 17.3. The molecule has 0 fully saturated rings. The predicted octanol–water partition coefficient (Wildman–Crippen LogP) is 6.41. The lowest BCUT2D eigenvalue weighted by atomic mass is 9.95. The molecule has 8 heteroatoms. The van der Waals surface area contributed by atoms with Crippen molar-refractivity contribution in [2.24, 2.45) is 5.92 Å². The lowest BCUT2D eigenvalue weighted by molar-refractivity contribution is -0.117. The lowest BCUT2D eigenvalue weighted by Gasteiger charge is -2.24. The number of benzene rings is 2. The van der Waals surface area contributed by atoms with E-state index in [1.807, 2.05) is 43.3 Å². The molecule has 36 heavy (non-hydrogen) atoms. The number of hydrogen-bond donors (Lipinski definition) is 1. The molecule has 0 saturated carbocycles. The van der Waals surface area contributed by atoms with Crippen molar-refractivity contribution in [1.82, 2.24) is 4.98 Å². The summed E-state index contributed by atoms with van der Waals surface area (Å²) in [6, 6.07) is 15.3. The van der Waals surface area contributed by atoms with Gasteiger partial charge in [-0.05, 0) is 66.8 Å². The molecule has 2 aromatic carbocycles. The third-order valence-electron chi connectivity index (χ3n) is 6.07. The van der Waals surface area contributed by atoms with E-state index in [-0.39, 0.29) is 11.3 Å². The smallest absolute Gasteiger partial charge is 0.296 e. The van der Waals surface area contributed by atoms with E-state index in [0.717, 1.165) is 22.2 Å². The monoisotopic (exact) mass is 502 g/mol. The van der Waals surface area contributed by atoms with Gasteiger partial charge in [-0.3, -0.25) is 14.5 Å². The van der Waals surface area contributed by atoms with Crippen LogP contribution in [0.5, 0.6) is 5.75 Å². The number of hydrogen-bond acceptors (Lipinski definition) is 7. The van der Waals surface area contributed by atoms with E-state index in [1.54, 1.807) is 12.1 Å². The van der Waals surface area contributed by atoms with Gasteiger partial charge in [0.15, 0.2) is 16.7 Å². The first-order valence-electron chi connectivity index (χ1n) is 11.8. The van der Waals surface area contributed by atoms with Crippen LogP contribution in [0.3, 0.4) is 0 Å². The Morgan fingerprint density at radius 2 is 2.03 bits per heavy atom. The number of aryl methyl sites for hydroxylation is 1. The van der Waals surface area contributed by atoms with Gasteiger partial charge >= 0.3 is 0 Å². The van der Waals surface area contributed by atoms with Crippen molar-refractivity contribution in [2.45, 2.75) is 33.2 Å². The van der Waals surface area contributed by atoms with Gasteiger partial charge in [0, 0.05) is 0 Å². The number of amides is 1. The van der Waals surface area contributed by atoms with Crippen molar-refractivity contribution in [2.75, 3.05) is 11.5 Å². The minimum Gasteiger partial charge on any atom is -0.503 e. The Morgan fingerprint density at radius 1 is 1.19 bits per heavy atom. The fourth-order valence-electron chi connectivity index (χ4n) is 4.20. The van der Waals surface area contributed by atoms with Crippen molar-refractivity contribution < 1.29 is 23.8 Å². The Balaban J connectivity index is 1.60. The number of carbonyl (C=O) groups is 2. The van der Waals surface area contributed by atoms with Crippen LogP contribution in [-0.2, 0) is 4.79 Å². The molecule has 0 radical (unpaired) electrons. The summed E-state index contributed by atoms with van der Waals surface area (Å²) in [5.41, 5.74) is 2.38. The van der Waals surface area contributed by atoms with Gasteiger partial charge in [0.25, 0.3) is 5.91 Å². The molecule has 184 valence electrons. The van der Waals surface area contributed by atoms with Gasteiger partial charge in [0.1, 0.15) is 5.75 Å². The molecule has 0 saturated heterocycles. The number of aliphatic hydroxyl groups excluding tert-OH is 1. The zero-order valence-corrected chi connectivity index (χ0v) is 21.0. The van der Waals surface area contributed by atoms with E-state index in [0.29, 0.717) is 29.0 Å². The van der Waals surface area contributed by atoms with Crippen molar-refractivity contribution in [3.05, 3.63) is 89.1 Å². The fraction of sp³-hybridized carbons (Fsp3) is 0.250. The molecule has 1 unspecified atom stereocenters. The van der Waals surface area contributed by atoms with Gasteiger partial charge in [-0.25, -0.2) is 4.98 Å². The third-order valence-corrected chi connectivity index (χ3v) is 7.09. The maximum Gasteiger partial charge on any atom is 0.296 e. The number of ketones is 1. The summed E-state index contributed by atoms with van der Waals surface area (Å²) < 4.78 is 12.2. The van der Waals surface area contributed by atoms with E-state index < -0.39 is 23.5 Å². The largest absolute Gasteiger partial charge is 0.503 e. The molecule has 1 amide bonds. The van der Waals surface area contributed by atoms with Gasteiger partial charge in [0.05, 0.1) is 34.7 Å². The highest BCUT2D eigenvalue weighted by Gasteiger charge is 2.46. The second kappa shape index (κ2) is 9.62. The molecule has 4 aromatic rings. The summed E-state index contributed by atoms with van der Waals surface area (Å²) in [4.78, 5) is 32.9. The van der Waals surface area contributed by atoms with Crippen LogP contribution in [0.2, 0.25) is 0 Å². The average molecular weight is 503 g/mol. The number of nitrogens with zero attached hydrogens (tertiary/aromatic N) is 2. The van der Waals surface area contributed by atoms with E-state index >= 15 is 0 Å². The number of thiazole rings is 1. The quantitative estimate of drug-likeness (QED) is 0.280. The van der Waals surface area contributed by atoms with Gasteiger partial charge < -0.3 is 14.3 Å². The summed E-state index contributed by atoms with van der Waals surface area (Å²) in [6.07, 6.45) is 2.28. The van der Waals surface area contributed by atoms with Crippen molar-refractivity contribution in [1.29, 1.82) is 0 Å².